The Morgan fingerprint density at radius 3 is 1.84 bits per heavy atom. The minimum Gasteiger partial charge on any atom is -0.310 e. The molecular weight excluding hydrogens is 809 g/mol. The summed E-state index contributed by atoms with van der Waals surface area (Å²) in [4.78, 5) is 2.37. The molecule has 11 aromatic rings. The molecule has 0 spiro atoms. The highest BCUT2D eigenvalue weighted by molar-refractivity contribution is 6.11. The van der Waals surface area contributed by atoms with Gasteiger partial charge in [0.15, 0.2) is 0 Å². The fourth-order valence-corrected chi connectivity index (χ4v) is 11.4. The van der Waals surface area contributed by atoms with E-state index >= 15 is 0 Å². The van der Waals surface area contributed by atoms with Crippen LogP contribution in [0.25, 0.3) is 71.6 Å². The van der Waals surface area contributed by atoms with Crippen molar-refractivity contribution in [2.75, 3.05) is 4.90 Å². The second kappa shape index (κ2) is 15.9. The zero-order valence-corrected chi connectivity index (χ0v) is 37.1. The molecule has 10 aromatic carbocycles. The average molecular weight is 855 g/mol. The molecule has 1 heterocycles. The first-order valence-corrected chi connectivity index (χ1v) is 23.5. The summed E-state index contributed by atoms with van der Waals surface area (Å²) < 4.78 is 2.50. The van der Waals surface area contributed by atoms with Crippen LogP contribution in [-0.4, -0.2) is 4.57 Å². The van der Waals surface area contributed by atoms with Crippen molar-refractivity contribution in [1.82, 2.24) is 4.57 Å². The SMILES string of the molecule is C1=CC(C2(c3ccccc3)c3ccccc3-c3ccc(-n4c5ccccc5c5ccc(-c6ccccc6-c6ccc(N(c7ccccc7)c7cccc8ccccc78)cc6)cc54)cc32)=CCC1. The molecule has 0 saturated heterocycles. The molecule has 2 heteroatoms. The van der Waals surface area contributed by atoms with Crippen LogP contribution in [0.4, 0.5) is 17.1 Å². The molecule has 0 amide bonds. The maximum absolute atomic E-state index is 2.50. The van der Waals surface area contributed by atoms with Crippen molar-refractivity contribution in [2.24, 2.45) is 0 Å². The number of para-hydroxylation sites is 2. The van der Waals surface area contributed by atoms with E-state index < -0.39 is 5.41 Å². The molecule has 0 fully saturated rings. The number of allylic oxidation sites excluding steroid dienone is 4. The molecule has 13 rings (SSSR count). The van der Waals surface area contributed by atoms with Crippen LogP contribution < -0.4 is 4.90 Å². The molecular formula is C65H46N2. The third-order valence-corrected chi connectivity index (χ3v) is 14.3. The summed E-state index contributed by atoms with van der Waals surface area (Å²) in [6.07, 6.45) is 9.33. The normalized spacial score (nSPS) is 15.1. The molecule has 0 saturated carbocycles. The first-order valence-electron chi connectivity index (χ1n) is 23.5. The maximum atomic E-state index is 2.50. The van der Waals surface area contributed by atoms with Gasteiger partial charge in [-0.05, 0) is 128 Å². The number of benzene rings is 10. The van der Waals surface area contributed by atoms with Gasteiger partial charge in [0.1, 0.15) is 0 Å². The van der Waals surface area contributed by atoms with Gasteiger partial charge in [-0.1, -0.05) is 200 Å². The molecule has 0 aliphatic heterocycles. The first kappa shape index (κ1) is 39.0. The van der Waals surface area contributed by atoms with E-state index in [0.29, 0.717) is 0 Å². The van der Waals surface area contributed by atoms with Crippen molar-refractivity contribution in [1.29, 1.82) is 0 Å². The summed E-state index contributed by atoms with van der Waals surface area (Å²) in [5.74, 6) is 0. The van der Waals surface area contributed by atoms with E-state index in [2.05, 4.69) is 264 Å². The first-order chi connectivity index (χ1) is 33.3. The number of fused-ring (bicyclic) bond motifs is 7. The second-order valence-corrected chi connectivity index (χ2v) is 17.9. The van der Waals surface area contributed by atoms with Gasteiger partial charge in [0.05, 0.1) is 22.1 Å². The van der Waals surface area contributed by atoms with Crippen LogP contribution in [-0.2, 0) is 5.41 Å². The van der Waals surface area contributed by atoms with Crippen LogP contribution in [0.2, 0.25) is 0 Å². The van der Waals surface area contributed by atoms with E-state index in [1.165, 1.54) is 88.2 Å². The Balaban J connectivity index is 0.955. The summed E-state index contributed by atoms with van der Waals surface area (Å²) >= 11 is 0. The third-order valence-electron chi connectivity index (χ3n) is 14.3. The van der Waals surface area contributed by atoms with Gasteiger partial charge in [-0.15, -0.1) is 0 Å². The van der Waals surface area contributed by atoms with Crippen LogP contribution >= 0.6 is 0 Å². The van der Waals surface area contributed by atoms with E-state index in [9.17, 15) is 0 Å². The lowest BCUT2D eigenvalue weighted by atomic mass is 9.66. The molecule has 2 nitrogen and oxygen atoms in total. The van der Waals surface area contributed by atoms with Crippen LogP contribution in [0.3, 0.4) is 0 Å². The van der Waals surface area contributed by atoms with Gasteiger partial charge in [0.25, 0.3) is 0 Å². The molecule has 316 valence electrons. The number of rotatable bonds is 8. The molecule has 0 radical (unpaired) electrons. The number of hydrogen-bond acceptors (Lipinski definition) is 1. The van der Waals surface area contributed by atoms with E-state index in [1.807, 2.05) is 0 Å². The van der Waals surface area contributed by atoms with E-state index in [0.717, 1.165) is 35.6 Å². The highest BCUT2D eigenvalue weighted by Crippen LogP contribution is 2.57. The largest absolute Gasteiger partial charge is 0.310 e. The third kappa shape index (κ3) is 6.18. The summed E-state index contributed by atoms with van der Waals surface area (Å²) in [6, 6.07) is 87.3. The zero-order valence-electron chi connectivity index (χ0n) is 37.1. The standard InChI is InChI=1S/C65H46N2/c1-4-21-48(22-5-1)65(49-23-6-2-7-24-49)60-32-16-14-30-56(60)57-42-40-52(44-61(57)65)67-63-33-17-15-31-58(63)59-41-37-47(43-64(59)67)54-28-13-12-27-53(54)46-35-38-51(39-36-46)66(50-25-8-3-9-26-50)62-34-18-20-45-19-10-11-29-55(45)62/h1,3-6,8-44H,2,7H2. The second-order valence-electron chi connectivity index (χ2n) is 17.9. The van der Waals surface area contributed by atoms with Crippen LogP contribution in [0.5, 0.6) is 0 Å². The monoisotopic (exact) mass is 854 g/mol. The molecule has 2 aliphatic rings. The Hall–Kier alpha value is -8.46. The maximum Gasteiger partial charge on any atom is 0.0711 e. The van der Waals surface area contributed by atoms with Crippen molar-refractivity contribution in [3.63, 3.8) is 0 Å². The molecule has 0 bridgehead atoms. The van der Waals surface area contributed by atoms with Gasteiger partial charge in [0, 0.05) is 33.2 Å². The smallest absolute Gasteiger partial charge is 0.0711 e. The Morgan fingerprint density at radius 2 is 1.03 bits per heavy atom. The molecule has 0 N–H and O–H groups in total. The lowest BCUT2D eigenvalue weighted by molar-refractivity contribution is 0.751. The fourth-order valence-electron chi connectivity index (χ4n) is 11.4. The highest BCUT2D eigenvalue weighted by Gasteiger charge is 2.47. The van der Waals surface area contributed by atoms with E-state index in [-0.39, 0.29) is 0 Å². The Morgan fingerprint density at radius 1 is 0.403 bits per heavy atom. The molecule has 1 unspecified atom stereocenters. The summed E-state index contributed by atoms with van der Waals surface area (Å²) in [5, 5.41) is 4.93. The van der Waals surface area contributed by atoms with E-state index in [1.54, 1.807) is 0 Å². The van der Waals surface area contributed by atoms with Gasteiger partial charge < -0.3 is 9.47 Å². The Kier molecular flexibility index (Phi) is 9.25. The quantitative estimate of drug-likeness (QED) is 0.148. The lowest BCUT2D eigenvalue weighted by Gasteiger charge is -2.36. The zero-order chi connectivity index (χ0) is 44.3. The number of nitrogens with zero attached hydrogens (tertiary/aromatic N) is 2. The lowest BCUT2D eigenvalue weighted by Crippen LogP contribution is -2.29. The van der Waals surface area contributed by atoms with Crippen molar-refractivity contribution < 1.29 is 0 Å². The number of hydrogen-bond donors (Lipinski definition) is 0. The van der Waals surface area contributed by atoms with Crippen LogP contribution in [0, 0.1) is 0 Å². The summed E-state index contributed by atoms with van der Waals surface area (Å²) in [6.45, 7) is 0. The van der Waals surface area contributed by atoms with Crippen molar-refractivity contribution in [3.8, 4) is 39.1 Å². The Labute approximate surface area is 391 Å². The predicted molar refractivity (Wildman–Crippen MR) is 282 cm³/mol. The highest BCUT2D eigenvalue weighted by atomic mass is 15.1. The van der Waals surface area contributed by atoms with Crippen molar-refractivity contribution in [2.45, 2.75) is 18.3 Å². The molecule has 1 aromatic heterocycles. The van der Waals surface area contributed by atoms with Gasteiger partial charge in [0.2, 0.25) is 0 Å². The molecule has 67 heavy (non-hydrogen) atoms. The van der Waals surface area contributed by atoms with Gasteiger partial charge >= 0.3 is 0 Å². The minimum atomic E-state index is -0.439. The summed E-state index contributed by atoms with van der Waals surface area (Å²) in [5.41, 5.74) is 19.2. The number of aromatic nitrogens is 1. The van der Waals surface area contributed by atoms with Crippen LogP contribution in [0.1, 0.15) is 29.5 Å². The van der Waals surface area contributed by atoms with Gasteiger partial charge in [-0.25, -0.2) is 0 Å². The fraction of sp³-hybridized carbons (Fsp3) is 0.0462. The van der Waals surface area contributed by atoms with Crippen LogP contribution in [0.15, 0.2) is 260 Å². The molecule has 1 atom stereocenters. The van der Waals surface area contributed by atoms with Gasteiger partial charge in [-0.3, -0.25) is 0 Å². The predicted octanol–water partition coefficient (Wildman–Crippen LogP) is 17.3. The topological polar surface area (TPSA) is 8.17 Å². The van der Waals surface area contributed by atoms with Gasteiger partial charge in [-0.2, -0.15) is 0 Å². The minimum absolute atomic E-state index is 0.439. The Bertz CT molecular complexity index is 3740. The molecule has 2 aliphatic carbocycles. The summed E-state index contributed by atoms with van der Waals surface area (Å²) in [7, 11) is 0. The van der Waals surface area contributed by atoms with Crippen molar-refractivity contribution in [3.05, 3.63) is 277 Å². The number of anilines is 3. The van der Waals surface area contributed by atoms with Crippen molar-refractivity contribution >= 4 is 49.6 Å². The average Bonchev–Trinajstić information content (AvgIpc) is 3.90. The van der Waals surface area contributed by atoms with E-state index in [4.69, 9.17) is 0 Å².